The highest BCUT2D eigenvalue weighted by atomic mass is 32.2. The van der Waals surface area contributed by atoms with Crippen LogP contribution in [-0.2, 0) is 0 Å². The Bertz CT molecular complexity index is 294. The molecule has 0 spiro atoms. The summed E-state index contributed by atoms with van der Waals surface area (Å²) in [5.41, 5.74) is 0. The van der Waals surface area contributed by atoms with Crippen LogP contribution in [0.3, 0.4) is 0 Å². The molecule has 4 heteroatoms. The van der Waals surface area contributed by atoms with Crippen molar-refractivity contribution in [3.8, 4) is 0 Å². The van der Waals surface area contributed by atoms with Crippen molar-refractivity contribution in [1.82, 2.24) is 5.32 Å². The summed E-state index contributed by atoms with van der Waals surface area (Å²) >= 11 is 4.05. The molecule has 2 nitrogen and oxygen atoms in total. The Morgan fingerprint density at radius 3 is 2.59 bits per heavy atom. The van der Waals surface area contributed by atoms with Gasteiger partial charge < -0.3 is 5.32 Å². The third-order valence-electron chi connectivity index (χ3n) is 4.16. The number of amidine groups is 1. The van der Waals surface area contributed by atoms with Gasteiger partial charge in [0.05, 0.1) is 6.54 Å². The van der Waals surface area contributed by atoms with Crippen molar-refractivity contribution in [3.05, 3.63) is 0 Å². The fourth-order valence-electron chi connectivity index (χ4n) is 2.80. The van der Waals surface area contributed by atoms with Crippen LogP contribution < -0.4 is 5.32 Å². The molecule has 2 aliphatic carbocycles. The minimum absolute atomic E-state index is 0.697. The molecule has 1 N–H and O–H groups in total. The molecule has 0 aromatic heterocycles. The molecule has 1 aliphatic heterocycles. The van der Waals surface area contributed by atoms with Crippen LogP contribution in [0.5, 0.6) is 0 Å². The minimum atomic E-state index is 0.697. The highest BCUT2D eigenvalue weighted by Crippen LogP contribution is 2.41. The van der Waals surface area contributed by atoms with E-state index in [-0.39, 0.29) is 0 Å². The molecule has 3 rings (SSSR count). The molecule has 17 heavy (non-hydrogen) atoms. The normalized spacial score (nSPS) is 37.9. The Labute approximate surface area is 113 Å². The van der Waals surface area contributed by atoms with Gasteiger partial charge in [0.25, 0.3) is 0 Å². The minimum Gasteiger partial charge on any atom is -0.362 e. The molecule has 0 amide bonds. The van der Waals surface area contributed by atoms with Crippen LogP contribution in [0.4, 0.5) is 0 Å². The summed E-state index contributed by atoms with van der Waals surface area (Å²) in [6.07, 6.45) is 10.6. The Morgan fingerprint density at radius 1 is 1.18 bits per heavy atom. The van der Waals surface area contributed by atoms with Gasteiger partial charge in [0.1, 0.15) is 0 Å². The molecule has 96 valence electrons. The van der Waals surface area contributed by atoms with Gasteiger partial charge in [-0.2, -0.15) is 11.8 Å². The lowest BCUT2D eigenvalue weighted by molar-refractivity contribution is 0.423. The molecule has 0 aromatic rings. The molecular weight excluding hydrogens is 248 g/mol. The zero-order chi connectivity index (χ0) is 11.7. The summed E-state index contributed by atoms with van der Waals surface area (Å²) in [7, 11) is 0. The van der Waals surface area contributed by atoms with Crippen molar-refractivity contribution in [2.24, 2.45) is 10.9 Å². The second-order valence-electron chi connectivity index (χ2n) is 5.49. The lowest BCUT2D eigenvalue weighted by Crippen LogP contribution is -2.36. The van der Waals surface area contributed by atoms with Crippen LogP contribution in [0.1, 0.15) is 38.5 Å². The smallest absolute Gasteiger partial charge is 0.157 e. The Balaban J connectivity index is 1.42. The molecule has 2 saturated carbocycles. The van der Waals surface area contributed by atoms with E-state index < -0.39 is 0 Å². The summed E-state index contributed by atoms with van der Waals surface area (Å²) < 4.78 is 0. The predicted molar refractivity (Wildman–Crippen MR) is 79.1 cm³/mol. The number of nitrogens with zero attached hydrogens (tertiary/aromatic N) is 1. The highest BCUT2D eigenvalue weighted by Gasteiger charge is 2.35. The zero-order valence-corrected chi connectivity index (χ0v) is 12.2. The predicted octanol–water partition coefficient (Wildman–Crippen LogP) is 3.13. The summed E-state index contributed by atoms with van der Waals surface area (Å²) in [4.78, 5) is 4.67. The van der Waals surface area contributed by atoms with Crippen LogP contribution in [0.2, 0.25) is 0 Å². The van der Waals surface area contributed by atoms with E-state index in [1.54, 1.807) is 0 Å². The van der Waals surface area contributed by atoms with Gasteiger partial charge in [0.2, 0.25) is 0 Å². The summed E-state index contributed by atoms with van der Waals surface area (Å²) in [6.45, 7) is 1.07. The summed E-state index contributed by atoms with van der Waals surface area (Å²) in [5.74, 6) is 0.982. The molecule has 1 unspecified atom stereocenters. The lowest BCUT2D eigenvalue weighted by atomic mass is 9.95. The van der Waals surface area contributed by atoms with E-state index in [0.717, 1.165) is 23.0 Å². The van der Waals surface area contributed by atoms with Gasteiger partial charge in [-0.05, 0) is 50.7 Å². The number of hydrogen-bond donors (Lipinski definition) is 1. The van der Waals surface area contributed by atoms with Gasteiger partial charge in [-0.3, -0.25) is 4.99 Å². The fourth-order valence-corrected chi connectivity index (χ4v) is 4.83. The highest BCUT2D eigenvalue weighted by molar-refractivity contribution is 8.14. The molecule has 1 atom stereocenters. The van der Waals surface area contributed by atoms with E-state index in [0.29, 0.717) is 6.04 Å². The largest absolute Gasteiger partial charge is 0.362 e. The van der Waals surface area contributed by atoms with E-state index in [1.165, 1.54) is 43.7 Å². The van der Waals surface area contributed by atoms with Gasteiger partial charge in [-0.15, -0.1) is 0 Å². The zero-order valence-electron chi connectivity index (χ0n) is 10.5. The molecule has 3 aliphatic rings. The van der Waals surface area contributed by atoms with Crippen molar-refractivity contribution in [3.63, 3.8) is 0 Å². The average molecular weight is 270 g/mol. The lowest BCUT2D eigenvalue weighted by Gasteiger charge is -2.28. The maximum absolute atomic E-state index is 4.67. The standard InChI is InChI=1S/C13H22N2S2/c1-16-11-6-4-10(5-7-11)15-13-14-8-12(17-13)9-2-3-9/h9-12H,2-8H2,1H3,(H,14,15). The van der Waals surface area contributed by atoms with E-state index >= 15 is 0 Å². The van der Waals surface area contributed by atoms with E-state index in [1.807, 2.05) is 23.5 Å². The van der Waals surface area contributed by atoms with Crippen molar-refractivity contribution < 1.29 is 0 Å². The first-order valence-corrected chi connectivity index (χ1v) is 9.02. The maximum Gasteiger partial charge on any atom is 0.157 e. The SMILES string of the molecule is CSC1CCC(NC2=NCC(C3CC3)S2)CC1. The Morgan fingerprint density at radius 2 is 1.94 bits per heavy atom. The number of hydrogen-bond acceptors (Lipinski definition) is 4. The van der Waals surface area contributed by atoms with Crippen LogP contribution in [0, 0.1) is 5.92 Å². The third kappa shape index (κ3) is 3.14. The monoisotopic (exact) mass is 270 g/mol. The average Bonchev–Trinajstić information content (AvgIpc) is 3.12. The summed E-state index contributed by atoms with van der Waals surface area (Å²) in [5, 5.41) is 6.64. The molecule has 0 aromatic carbocycles. The first kappa shape index (κ1) is 12.2. The number of nitrogens with one attached hydrogen (secondary N) is 1. The van der Waals surface area contributed by atoms with E-state index in [4.69, 9.17) is 0 Å². The molecule has 0 bridgehead atoms. The van der Waals surface area contributed by atoms with E-state index in [9.17, 15) is 0 Å². The second kappa shape index (κ2) is 5.43. The van der Waals surface area contributed by atoms with Gasteiger partial charge in [-0.1, -0.05) is 11.8 Å². The van der Waals surface area contributed by atoms with E-state index in [2.05, 4.69) is 16.6 Å². The van der Waals surface area contributed by atoms with Gasteiger partial charge >= 0.3 is 0 Å². The Kier molecular flexibility index (Phi) is 3.90. The maximum atomic E-state index is 4.67. The number of rotatable bonds is 3. The molecule has 2 fully saturated rings. The van der Waals surface area contributed by atoms with Crippen molar-refractivity contribution in [1.29, 1.82) is 0 Å². The van der Waals surface area contributed by atoms with Crippen molar-refractivity contribution in [2.75, 3.05) is 12.8 Å². The van der Waals surface area contributed by atoms with Crippen molar-refractivity contribution in [2.45, 2.75) is 55.1 Å². The first-order valence-electron chi connectivity index (χ1n) is 6.85. The first-order chi connectivity index (χ1) is 8.35. The number of thioether (sulfide) groups is 2. The van der Waals surface area contributed by atoms with Gasteiger partial charge in [0.15, 0.2) is 5.17 Å². The fraction of sp³-hybridized carbons (Fsp3) is 0.923. The summed E-state index contributed by atoms with van der Waals surface area (Å²) in [6, 6.07) is 0.697. The molecule has 0 radical (unpaired) electrons. The quantitative estimate of drug-likeness (QED) is 0.852. The second-order valence-corrected chi connectivity index (χ2v) is 7.86. The topological polar surface area (TPSA) is 24.4 Å². The van der Waals surface area contributed by atoms with Gasteiger partial charge in [0, 0.05) is 16.5 Å². The van der Waals surface area contributed by atoms with Crippen molar-refractivity contribution >= 4 is 28.7 Å². The van der Waals surface area contributed by atoms with Crippen LogP contribution in [0.25, 0.3) is 0 Å². The van der Waals surface area contributed by atoms with Crippen LogP contribution in [-0.4, -0.2) is 34.5 Å². The third-order valence-corrected chi connectivity index (χ3v) is 6.61. The number of aliphatic imine (C=N–C) groups is 1. The Hall–Kier alpha value is 0.170. The van der Waals surface area contributed by atoms with Crippen LogP contribution in [0.15, 0.2) is 4.99 Å². The molecular formula is C13H22N2S2. The van der Waals surface area contributed by atoms with Gasteiger partial charge in [-0.25, -0.2) is 0 Å². The van der Waals surface area contributed by atoms with Crippen LogP contribution >= 0.6 is 23.5 Å². The molecule has 1 heterocycles. The molecule has 0 saturated heterocycles.